The maximum atomic E-state index is 12.4. The molecular weight excluding hydrogens is 258 g/mol. The maximum absolute atomic E-state index is 12.4. The minimum absolute atomic E-state index is 0.0683. The molecule has 0 aromatic heterocycles. The van der Waals surface area contributed by atoms with Gasteiger partial charge in [-0.2, -0.15) is 0 Å². The quantitative estimate of drug-likeness (QED) is 0.581. The zero-order valence-electron chi connectivity index (χ0n) is 12.1. The van der Waals surface area contributed by atoms with Crippen LogP contribution in [0.4, 0.5) is 0 Å². The monoisotopic (exact) mass is 281 g/mol. The van der Waals surface area contributed by atoms with Crippen LogP contribution in [0.15, 0.2) is 0 Å². The summed E-state index contributed by atoms with van der Waals surface area (Å²) in [6.45, 7) is 2.57. The molecule has 0 radical (unpaired) electrons. The van der Waals surface area contributed by atoms with Gasteiger partial charge in [-0.3, -0.25) is 14.4 Å². The topological polar surface area (TPSA) is 63.7 Å². The minimum atomic E-state index is -0.676. The van der Waals surface area contributed by atoms with Gasteiger partial charge < -0.3 is 9.64 Å². The van der Waals surface area contributed by atoms with Crippen molar-refractivity contribution in [2.24, 2.45) is 11.8 Å². The van der Waals surface area contributed by atoms with Gasteiger partial charge in [-0.25, -0.2) is 0 Å². The van der Waals surface area contributed by atoms with E-state index in [-0.39, 0.29) is 30.8 Å². The first-order chi connectivity index (χ1) is 9.63. The predicted octanol–water partition coefficient (Wildman–Crippen LogP) is 1.55. The average molecular weight is 281 g/mol. The van der Waals surface area contributed by atoms with Crippen molar-refractivity contribution < 1.29 is 19.1 Å². The zero-order chi connectivity index (χ0) is 14.5. The molecule has 0 aromatic carbocycles. The zero-order valence-corrected chi connectivity index (χ0v) is 12.1. The highest BCUT2D eigenvalue weighted by molar-refractivity contribution is 6.02. The SMILES string of the molecule is CCOC(=O)C1CCN(C(=O)C2CCCCC2)CC1=O. The molecule has 1 saturated heterocycles. The number of Topliss-reactive ketones (excluding diaryl/α,β-unsaturated/α-hetero) is 1. The van der Waals surface area contributed by atoms with Gasteiger partial charge in [-0.1, -0.05) is 19.3 Å². The maximum Gasteiger partial charge on any atom is 0.316 e. The van der Waals surface area contributed by atoms with Crippen molar-refractivity contribution >= 4 is 17.7 Å². The van der Waals surface area contributed by atoms with E-state index >= 15 is 0 Å². The van der Waals surface area contributed by atoms with Crippen LogP contribution in [0.5, 0.6) is 0 Å². The predicted molar refractivity (Wildman–Crippen MR) is 72.9 cm³/mol. The van der Waals surface area contributed by atoms with Gasteiger partial charge >= 0.3 is 5.97 Å². The van der Waals surface area contributed by atoms with Gasteiger partial charge in [-0.05, 0) is 26.2 Å². The van der Waals surface area contributed by atoms with Crippen LogP contribution in [0.25, 0.3) is 0 Å². The number of amides is 1. The fourth-order valence-electron chi connectivity index (χ4n) is 3.11. The number of rotatable bonds is 3. The lowest BCUT2D eigenvalue weighted by Crippen LogP contribution is -2.48. The normalized spacial score (nSPS) is 24.6. The van der Waals surface area contributed by atoms with E-state index in [2.05, 4.69) is 0 Å². The number of ether oxygens (including phenoxy) is 1. The fourth-order valence-corrected chi connectivity index (χ4v) is 3.11. The summed E-state index contributed by atoms with van der Waals surface area (Å²) in [6.07, 6.45) is 5.67. The minimum Gasteiger partial charge on any atom is -0.465 e. The largest absolute Gasteiger partial charge is 0.465 e. The van der Waals surface area contributed by atoms with Crippen molar-refractivity contribution in [2.75, 3.05) is 19.7 Å². The number of ketones is 1. The molecule has 112 valence electrons. The van der Waals surface area contributed by atoms with Gasteiger partial charge in [0.05, 0.1) is 13.2 Å². The van der Waals surface area contributed by atoms with Crippen LogP contribution < -0.4 is 0 Å². The highest BCUT2D eigenvalue weighted by Gasteiger charge is 2.37. The van der Waals surface area contributed by atoms with Gasteiger partial charge in [0.2, 0.25) is 5.91 Å². The van der Waals surface area contributed by atoms with Crippen LogP contribution in [0, 0.1) is 11.8 Å². The number of piperidine rings is 1. The van der Waals surface area contributed by atoms with Crippen molar-refractivity contribution in [1.82, 2.24) is 4.90 Å². The number of nitrogens with zero attached hydrogens (tertiary/aromatic N) is 1. The molecular formula is C15H23NO4. The van der Waals surface area contributed by atoms with E-state index in [0.29, 0.717) is 13.0 Å². The molecule has 0 N–H and O–H groups in total. The highest BCUT2D eigenvalue weighted by Crippen LogP contribution is 2.27. The van der Waals surface area contributed by atoms with Gasteiger partial charge in [0.25, 0.3) is 0 Å². The lowest BCUT2D eigenvalue weighted by Gasteiger charge is -2.33. The molecule has 1 saturated carbocycles. The number of carbonyl (C=O) groups excluding carboxylic acids is 3. The Morgan fingerprint density at radius 3 is 2.50 bits per heavy atom. The molecule has 20 heavy (non-hydrogen) atoms. The Balaban J connectivity index is 1.89. The van der Waals surface area contributed by atoms with E-state index in [0.717, 1.165) is 25.7 Å². The van der Waals surface area contributed by atoms with E-state index in [9.17, 15) is 14.4 Å². The van der Waals surface area contributed by atoms with E-state index in [1.165, 1.54) is 6.42 Å². The summed E-state index contributed by atoms with van der Waals surface area (Å²) in [4.78, 5) is 37.6. The number of hydrogen-bond acceptors (Lipinski definition) is 4. The van der Waals surface area contributed by atoms with E-state index in [1.807, 2.05) is 0 Å². The van der Waals surface area contributed by atoms with Gasteiger partial charge in [0, 0.05) is 12.5 Å². The smallest absolute Gasteiger partial charge is 0.316 e. The second-order valence-corrected chi connectivity index (χ2v) is 5.65. The summed E-state index contributed by atoms with van der Waals surface area (Å²) in [5.41, 5.74) is 0. The lowest BCUT2D eigenvalue weighted by molar-refractivity contribution is -0.156. The summed E-state index contributed by atoms with van der Waals surface area (Å²) in [7, 11) is 0. The molecule has 2 fully saturated rings. The van der Waals surface area contributed by atoms with Crippen molar-refractivity contribution in [3.8, 4) is 0 Å². The Labute approximate surface area is 119 Å². The van der Waals surface area contributed by atoms with Crippen LogP contribution in [-0.4, -0.2) is 42.3 Å². The molecule has 2 rings (SSSR count). The number of likely N-dealkylation sites (tertiary alicyclic amines) is 1. The van der Waals surface area contributed by atoms with Crippen LogP contribution in [0.2, 0.25) is 0 Å². The molecule has 0 aromatic rings. The Kier molecular flexibility index (Phi) is 5.15. The van der Waals surface area contributed by atoms with Crippen molar-refractivity contribution in [2.45, 2.75) is 45.4 Å². The third kappa shape index (κ3) is 3.38. The Morgan fingerprint density at radius 1 is 1.20 bits per heavy atom. The second-order valence-electron chi connectivity index (χ2n) is 5.65. The van der Waals surface area contributed by atoms with Gasteiger partial charge in [-0.15, -0.1) is 0 Å². The lowest BCUT2D eigenvalue weighted by atomic mass is 9.87. The Hall–Kier alpha value is -1.39. The average Bonchev–Trinajstić information content (AvgIpc) is 2.47. The summed E-state index contributed by atoms with van der Waals surface area (Å²) in [5, 5.41) is 0. The molecule has 2 aliphatic rings. The summed E-state index contributed by atoms with van der Waals surface area (Å²) in [5.74, 6) is -1.12. The fraction of sp³-hybridized carbons (Fsp3) is 0.800. The van der Waals surface area contributed by atoms with E-state index < -0.39 is 11.9 Å². The standard InChI is InChI=1S/C15H23NO4/c1-2-20-15(19)12-8-9-16(10-13(12)17)14(18)11-6-4-3-5-7-11/h11-12H,2-10H2,1H3. The molecule has 5 heteroatoms. The molecule has 1 unspecified atom stereocenters. The first-order valence-electron chi connectivity index (χ1n) is 7.61. The van der Waals surface area contributed by atoms with Crippen molar-refractivity contribution in [3.63, 3.8) is 0 Å². The summed E-state index contributed by atoms with van der Waals surface area (Å²) < 4.78 is 4.90. The first kappa shape index (κ1) is 15.0. The molecule has 1 heterocycles. The molecule has 5 nitrogen and oxygen atoms in total. The second kappa shape index (κ2) is 6.86. The van der Waals surface area contributed by atoms with Crippen LogP contribution in [0.3, 0.4) is 0 Å². The molecule has 1 aliphatic carbocycles. The first-order valence-corrected chi connectivity index (χ1v) is 7.61. The Morgan fingerprint density at radius 2 is 1.90 bits per heavy atom. The highest BCUT2D eigenvalue weighted by atomic mass is 16.5. The summed E-state index contributed by atoms with van der Waals surface area (Å²) in [6, 6.07) is 0. The molecule has 0 spiro atoms. The van der Waals surface area contributed by atoms with Gasteiger partial charge in [0.15, 0.2) is 5.78 Å². The molecule has 1 aliphatic heterocycles. The third-order valence-corrected chi connectivity index (χ3v) is 4.26. The van der Waals surface area contributed by atoms with Crippen molar-refractivity contribution in [1.29, 1.82) is 0 Å². The number of carbonyl (C=O) groups is 3. The van der Waals surface area contributed by atoms with E-state index in [4.69, 9.17) is 4.74 Å². The Bertz CT molecular complexity index is 387. The van der Waals surface area contributed by atoms with Gasteiger partial charge in [0.1, 0.15) is 5.92 Å². The molecule has 1 amide bonds. The third-order valence-electron chi connectivity index (χ3n) is 4.26. The van der Waals surface area contributed by atoms with Crippen LogP contribution in [0.1, 0.15) is 45.4 Å². The number of hydrogen-bond donors (Lipinski definition) is 0. The van der Waals surface area contributed by atoms with Crippen LogP contribution in [-0.2, 0) is 19.1 Å². The molecule has 1 atom stereocenters. The van der Waals surface area contributed by atoms with E-state index in [1.54, 1.807) is 11.8 Å². The van der Waals surface area contributed by atoms with Crippen molar-refractivity contribution in [3.05, 3.63) is 0 Å². The van der Waals surface area contributed by atoms with Crippen LogP contribution >= 0.6 is 0 Å². The number of esters is 1. The molecule has 0 bridgehead atoms. The summed E-state index contributed by atoms with van der Waals surface area (Å²) >= 11 is 0.